The third kappa shape index (κ3) is 2.29. The predicted octanol–water partition coefficient (Wildman–Crippen LogP) is 3.71. The molecule has 0 saturated carbocycles. The molecule has 158 valence electrons. The van der Waals surface area contributed by atoms with Crippen LogP contribution in [0.25, 0.3) is 65.2 Å². The Labute approximate surface area is 189 Å². The monoisotopic (exact) mass is 440 g/mol. The van der Waals surface area contributed by atoms with Gasteiger partial charge in [0.05, 0.1) is 21.9 Å². The van der Waals surface area contributed by atoms with E-state index in [9.17, 15) is 19.2 Å². The topological polar surface area (TPSA) is 94.1 Å². The summed E-state index contributed by atoms with van der Waals surface area (Å²) in [5.74, 6) is 0. The number of aromatic nitrogens is 2. The molecule has 0 unspecified atom stereocenters. The molecule has 0 atom stereocenters. The van der Waals surface area contributed by atoms with Crippen molar-refractivity contribution in [2.45, 2.75) is 0 Å². The fourth-order valence-electron chi connectivity index (χ4n) is 4.91. The van der Waals surface area contributed by atoms with E-state index in [1.54, 1.807) is 72.8 Å². The summed E-state index contributed by atoms with van der Waals surface area (Å²) >= 11 is 0. The summed E-state index contributed by atoms with van der Waals surface area (Å²) < 4.78 is 0. The van der Waals surface area contributed by atoms with E-state index >= 15 is 0 Å². The average Bonchev–Trinajstić information content (AvgIpc) is 2.88. The van der Waals surface area contributed by atoms with Crippen LogP contribution in [0.3, 0.4) is 0 Å². The Morgan fingerprint density at radius 2 is 0.882 bits per heavy atom. The van der Waals surface area contributed by atoms with Gasteiger partial charge in [-0.05, 0) is 24.3 Å². The van der Waals surface area contributed by atoms with Crippen molar-refractivity contribution < 1.29 is 0 Å². The molecule has 7 rings (SSSR count). The Balaban J connectivity index is 1.70. The van der Waals surface area contributed by atoms with Gasteiger partial charge in [-0.1, -0.05) is 48.5 Å². The number of fused-ring (bicyclic) bond motifs is 7. The molecule has 6 nitrogen and oxygen atoms in total. The van der Waals surface area contributed by atoms with Gasteiger partial charge in [-0.2, -0.15) is 0 Å². The zero-order valence-electron chi connectivity index (χ0n) is 17.5. The van der Waals surface area contributed by atoms with Crippen molar-refractivity contribution in [3.05, 3.63) is 114 Å². The summed E-state index contributed by atoms with van der Waals surface area (Å²) in [7, 11) is 0. The zero-order chi connectivity index (χ0) is 23.1. The molecule has 0 aliphatic rings. The Morgan fingerprint density at radius 1 is 0.412 bits per heavy atom. The summed E-state index contributed by atoms with van der Waals surface area (Å²) in [6.45, 7) is 0. The minimum Gasteiger partial charge on any atom is -0.289 e. The van der Waals surface area contributed by atoms with Crippen molar-refractivity contribution in [1.82, 2.24) is 9.97 Å². The molecule has 0 spiro atoms. The van der Waals surface area contributed by atoms with Crippen LogP contribution < -0.4 is 21.7 Å². The SMILES string of the molecule is O=c1c2ccccc2c(=O)c2cc3nc4c(ccc5c(=O)c6ccccc6c(=O)c54)nc3cc12. The molecule has 0 radical (unpaired) electrons. The smallest absolute Gasteiger partial charge is 0.196 e. The van der Waals surface area contributed by atoms with Gasteiger partial charge in [0.2, 0.25) is 0 Å². The lowest BCUT2D eigenvalue weighted by atomic mass is 10.00. The van der Waals surface area contributed by atoms with Crippen LogP contribution in [-0.4, -0.2) is 9.97 Å². The van der Waals surface area contributed by atoms with Gasteiger partial charge in [-0.3, -0.25) is 19.2 Å². The molecule has 0 aliphatic heterocycles. The van der Waals surface area contributed by atoms with E-state index in [1.807, 2.05) is 0 Å². The number of hydrogen-bond donors (Lipinski definition) is 0. The van der Waals surface area contributed by atoms with Crippen molar-refractivity contribution in [3.63, 3.8) is 0 Å². The standard InChI is InChI=1S/C28H12N2O4/c31-25-15-7-3-4-8-16(15)28(34)23-17(25)9-10-20-24(23)30-22-12-19-18(11-21(22)29-20)26(32)13-5-1-2-6-14(13)27(19)33/h1-12H. The molecule has 1 aromatic heterocycles. The van der Waals surface area contributed by atoms with Crippen LogP contribution in [0.4, 0.5) is 0 Å². The minimum absolute atomic E-state index is 0.209. The molecular formula is C28H12N2O4. The van der Waals surface area contributed by atoms with E-state index in [1.165, 1.54) is 0 Å². The van der Waals surface area contributed by atoms with E-state index in [4.69, 9.17) is 0 Å². The highest BCUT2D eigenvalue weighted by Crippen LogP contribution is 2.25. The lowest BCUT2D eigenvalue weighted by Crippen LogP contribution is -2.14. The van der Waals surface area contributed by atoms with Crippen LogP contribution >= 0.6 is 0 Å². The summed E-state index contributed by atoms with van der Waals surface area (Å²) in [4.78, 5) is 61.9. The Hall–Kier alpha value is -4.84. The largest absolute Gasteiger partial charge is 0.289 e. The molecule has 0 amide bonds. The first-order valence-corrected chi connectivity index (χ1v) is 10.7. The second-order valence-corrected chi connectivity index (χ2v) is 8.37. The highest BCUT2D eigenvalue weighted by molar-refractivity contribution is 6.11. The van der Waals surface area contributed by atoms with Gasteiger partial charge in [-0.25, -0.2) is 9.97 Å². The maximum absolute atomic E-state index is 13.3. The van der Waals surface area contributed by atoms with Crippen LogP contribution in [0.5, 0.6) is 0 Å². The van der Waals surface area contributed by atoms with Gasteiger partial charge < -0.3 is 0 Å². The van der Waals surface area contributed by atoms with Crippen LogP contribution in [0, 0.1) is 0 Å². The van der Waals surface area contributed by atoms with Gasteiger partial charge in [0, 0.05) is 37.7 Å². The normalized spacial score (nSPS) is 12.0. The number of nitrogens with zero attached hydrogens (tertiary/aromatic N) is 2. The minimum atomic E-state index is -0.289. The van der Waals surface area contributed by atoms with Crippen LogP contribution in [0.1, 0.15) is 0 Å². The quantitative estimate of drug-likeness (QED) is 0.264. The number of rotatable bonds is 0. The Bertz CT molecular complexity index is 2230. The Morgan fingerprint density at radius 3 is 1.44 bits per heavy atom. The van der Waals surface area contributed by atoms with Gasteiger partial charge in [0.25, 0.3) is 0 Å². The van der Waals surface area contributed by atoms with Gasteiger partial charge in [0.1, 0.15) is 5.52 Å². The van der Waals surface area contributed by atoms with Crippen LogP contribution in [0.15, 0.2) is 92.0 Å². The molecule has 0 N–H and O–H groups in total. The lowest BCUT2D eigenvalue weighted by Gasteiger charge is -2.07. The molecule has 6 aromatic carbocycles. The van der Waals surface area contributed by atoms with E-state index in [2.05, 4.69) is 9.97 Å². The van der Waals surface area contributed by atoms with E-state index in [0.29, 0.717) is 43.6 Å². The highest BCUT2D eigenvalue weighted by atomic mass is 16.1. The summed E-state index contributed by atoms with van der Waals surface area (Å²) in [6, 6.07) is 19.8. The van der Waals surface area contributed by atoms with Crippen LogP contribution in [0.2, 0.25) is 0 Å². The highest BCUT2D eigenvalue weighted by Gasteiger charge is 2.17. The summed E-state index contributed by atoms with van der Waals surface area (Å²) in [6.07, 6.45) is 0. The van der Waals surface area contributed by atoms with E-state index in [-0.39, 0.29) is 43.3 Å². The summed E-state index contributed by atoms with van der Waals surface area (Å²) in [5.41, 5.74) is 0.510. The van der Waals surface area contributed by atoms with E-state index < -0.39 is 0 Å². The van der Waals surface area contributed by atoms with Crippen molar-refractivity contribution in [2.24, 2.45) is 0 Å². The first-order valence-electron chi connectivity index (χ1n) is 10.7. The number of benzene rings is 6. The average molecular weight is 440 g/mol. The fourth-order valence-corrected chi connectivity index (χ4v) is 4.91. The van der Waals surface area contributed by atoms with Gasteiger partial charge >= 0.3 is 0 Å². The predicted molar refractivity (Wildman–Crippen MR) is 135 cm³/mol. The molecule has 0 saturated heterocycles. The molecule has 7 aromatic rings. The molecule has 34 heavy (non-hydrogen) atoms. The second kappa shape index (κ2) is 6.36. The molecule has 0 bridgehead atoms. The maximum Gasteiger partial charge on any atom is 0.196 e. The maximum atomic E-state index is 13.3. The van der Waals surface area contributed by atoms with Crippen molar-refractivity contribution in [3.8, 4) is 0 Å². The molecular weight excluding hydrogens is 428 g/mol. The molecule has 0 aliphatic carbocycles. The molecule has 6 heteroatoms. The van der Waals surface area contributed by atoms with Crippen molar-refractivity contribution >= 4 is 65.2 Å². The van der Waals surface area contributed by atoms with Gasteiger partial charge in [0.15, 0.2) is 21.7 Å². The van der Waals surface area contributed by atoms with Gasteiger partial charge in [-0.15, -0.1) is 0 Å². The van der Waals surface area contributed by atoms with E-state index in [0.717, 1.165) is 0 Å². The Kier molecular flexibility index (Phi) is 3.50. The number of hydrogen-bond acceptors (Lipinski definition) is 6. The second-order valence-electron chi connectivity index (χ2n) is 8.37. The molecule has 1 heterocycles. The third-order valence-corrected chi connectivity index (χ3v) is 6.54. The first kappa shape index (κ1) is 18.7. The third-order valence-electron chi connectivity index (χ3n) is 6.54. The summed E-state index contributed by atoms with van der Waals surface area (Å²) in [5, 5.41) is 2.43. The first-order chi connectivity index (χ1) is 16.5. The fraction of sp³-hybridized carbons (Fsp3) is 0. The van der Waals surface area contributed by atoms with Crippen LogP contribution in [-0.2, 0) is 0 Å². The lowest BCUT2D eigenvalue weighted by molar-refractivity contribution is 1.41. The molecule has 0 fully saturated rings. The zero-order valence-corrected chi connectivity index (χ0v) is 17.5. The van der Waals surface area contributed by atoms with Crippen molar-refractivity contribution in [2.75, 3.05) is 0 Å². The van der Waals surface area contributed by atoms with Crippen molar-refractivity contribution in [1.29, 1.82) is 0 Å².